The third-order valence-electron chi connectivity index (χ3n) is 5.78. The van der Waals surface area contributed by atoms with Gasteiger partial charge in [0.2, 0.25) is 5.95 Å². The van der Waals surface area contributed by atoms with Gasteiger partial charge in [0, 0.05) is 11.3 Å². The highest BCUT2D eigenvalue weighted by atomic mass is 19.4. The molecule has 0 saturated heterocycles. The van der Waals surface area contributed by atoms with Gasteiger partial charge in [-0.1, -0.05) is 18.6 Å². The zero-order valence-corrected chi connectivity index (χ0v) is 19.3. The van der Waals surface area contributed by atoms with Gasteiger partial charge < -0.3 is 15.4 Å². The third kappa shape index (κ3) is 5.93. The molecule has 0 unspecified atom stereocenters. The number of aromatic nitrogens is 3. The number of nitrogens with one attached hydrogen (secondary N) is 3. The summed E-state index contributed by atoms with van der Waals surface area (Å²) in [5.41, 5.74) is 1.98. The van der Waals surface area contributed by atoms with E-state index in [1.54, 1.807) is 18.2 Å². The molecule has 3 N–H and O–H groups in total. The van der Waals surface area contributed by atoms with Crippen LogP contribution in [0.3, 0.4) is 0 Å². The van der Waals surface area contributed by atoms with Gasteiger partial charge in [-0.3, -0.25) is 9.78 Å². The van der Waals surface area contributed by atoms with Crippen molar-refractivity contribution in [1.29, 1.82) is 0 Å². The fraction of sp³-hybridized carbons (Fsp3) is 0.333. The van der Waals surface area contributed by atoms with Crippen molar-refractivity contribution in [3.63, 3.8) is 0 Å². The van der Waals surface area contributed by atoms with E-state index in [1.807, 2.05) is 25.1 Å². The Labute approximate surface area is 203 Å². The van der Waals surface area contributed by atoms with Crippen LogP contribution in [0.1, 0.15) is 41.6 Å². The number of esters is 1. The molecule has 1 saturated carbocycles. The number of ether oxygens (including phenoxy) is 1. The molecule has 0 bridgehead atoms. The number of rotatable bonds is 6. The number of H-pyrrole nitrogens is 1. The number of alkyl halides is 3. The average molecular weight is 503 g/mol. The van der Waals surface area contributed by atoms with E-state index in [9.17, 15) is 27.6 Å². The van der Waals surface area contributed by atoms with Crippen LogP contribution in [-0.4, -0.2) is 45.0 Å². The molecule has 1 fully saturated rings. The Bertz CT molecular complexity index is 1300. The highest BCUT2D eigenvalue weighted by molar-refractivity contribution is 5.94. The summed E-state index contributed by atoms with van der Waals surface area (Å²) in [5.74, 6) is -2.55. The molecule has 0 spiro atoms. The first-order valence-electron chi connectivity index (χ1n) is 11.3. The van der Waals surface area contributed by atoms with Crippen molar-refractivity contribution in [2.24, 2.45) is 0 Å². The van der Waals surface area contributed by atoms with Gasteiger partial charge in [-0.15, -0.1) is 5.10 Å². The first kappa shape index (κ1) is 25.0. The van der Waals surface area contributed by atoms with Crippen LogP contribution in [0, 0.1) is 6.92 Å². The van der Waals surface area contributed by atoms with E-state index in [0.29, 0.717) is 30.6 Å². The van der Waals surface area contributed by atoms with Crippen molar-refractivity contribution in [3.05, 3.63) is 70.1 Å². The minimum atomic E-state index is -5.09. The lowest BCUT2D eigenvalue weighted by atomic mass is 9.92. The van der Waals surface area contributed by atoms with Crippen LogP contribution in [0.2, 0.25) is 0 Å². The molecular weight excluding hydrogens is 479 g/mol. The molecule has 1 aliphatic carbocycles. The van der Waals surface area contributed by atoms with Crippen LogP contribution < -0.4 is 16.3 Å². The lowest BCUT2D eigenvalue weighted by molar-refractivity contribution is -0.207. The normalized spacial score (nSPS) is 17.9. The van der Waals surface area contributed by atoms with Gasteiger partial charge in [0.25, 0.3) is 5.91 Å². The predicted molar refractivity (Wildman–Crippen MR) is 124 cm³/mol. The van der Waals surface area contributed by atoms with Crippen LogP contribution >= 0.6 is 0 Å². The Morgan fingerprint density at radius 3 is 2.53 bits per heavy atom. The van der Waals surface area contributed by atoms with E-state index in [2.05, 4.69) is 25.5 Å². The topological polar surface area (TPSA) is 118 Å². The number of carbonyl (C=O) groups is 2. The van der Waals surface area contributed by atoms with Crippen molar-refractivity contribution in [1.82, 2.24) is 20.1 Å². The van der Waals surface area contributed by atoms with Gasteiger partial charge >= 0.3 is 17.8 Å². The smallest absolute Gasteiger partial charge is 0.454 e. The van der Waals surface area contributed by atoms with Crippen molar-refractivity contribution in [2.45, 2.75) is 50.9 Å². The van der Waals surface area contributed by atoms with Gasteiger partial charge in [-0.25, -0.2) is 9.59 Å². The van der Waals surface area contributed by atoms with Crippen LogP contribution in [-0.2, 0) is 9.53 Å². The standard InChI is InChI=1S/C24H24F3N5O4/c1-14-5-4-6-17(13-14)32-23(35)30-22(31-32)28-16-11-9-15(10-12-16)20(33)29-18-7-2-3-8-19(18)36-21(34)24(25,26)27/h4-6,9-13,18-19H,2-3,7-8H2,1H3,(H,29,33)(H2,28,30,31,35)/t18-,19+/m0/s1. The average Bonchev–Trinajstić information content (AvgIpc) is 3.20. The summed E-state index contributed by atoms with van der Waals surface area (Å²) < 4.78 is 43.6. The Balaban J connectivity index is 1.40. The van der Waals surface area contributed by atoms with Crippen LogP contribution in [0.4, 0.5) is 24.8 Å². The highest BCUT2D eigenvalue weighted by Crippen LogP contribution is 2.26. The molecule has 2 atom stereocenters. The number of hydrogen-bond acceptors (Lipinski definition) is 6. The molecule has 3 aromatic rings. The zero-order valence-electron chi connectivity index (χ0n) is 19.3. The van der Waals surface area contributed by atoms with E-state index < -0.39 is 35.9 Å². The number of aromatic amines is 1. The molecule has 1 amide bonds. The van der Waals surface area contributed by atoms with Gasteiger partial charge in [0.15, 0.2) is 0 Å². The maximum Gasteiger partial charge on any atom is 0.490 e. The molecule has 36 heavy (non-hydrogen) atoms. The van der Waals surface area contributed by atoms with Gasteiger partial charge in [0.1, 0.15) is 6.10 Å². The van der Waals surface area contributed by atoms with E-state index in [1.165, 1.54) is 16.8 Å². The third-order valence-corrected chi connectivity index (χ3v) is 5.78. The number of nitrogens with zero attached hydrogens (tertiary/aromatic N) is 2. The monoisotopic (exact) mass is 503 g/mol. The lowest BCUT2D eigenvalue weighted by Gasteiger charge is -2.31. The van der Waals surface area contributed by atoms with Crippen LogP contribution in [0.25, 0.3) is 5.69 Å². The minimum absolute atomic E-state index is 0.204. The molecule has 190 valence electrons. The van der Waals surface area contributed by atoms with E-state index in [0.717, 1.165) is 5.56 Å². The number of hydrogen-bond donors (Lipinski definition) is 3. The van der Waals surface area contributed by atoms with Crippen molar-refractivity contribution in [3.8, 4) is 5.69 Å². The number of carbonyl (C=O) groups excluding carboxylic acids is 2. The largest absolute Gasteiger partial charge is 0.490 e. The van der Waals surface area contributed by atoms with E-state index in [4.69, 9.17) is 0 Å². The molecule has 12 heteroatoms. The van der Waals surface area contributed by atoms with Crippen molar-refractivity contribution in [2.75, 3.05) is 5.32 Å². The molecule has 0 radical (unpaired) electrons. The van der Waals surface area contributed by atoms with Gasteiger partial charge in [-0.05, 0) is 68.1 Å². The van der Waals surface area contributed by atoms with Crippen molar-refractivity contribution < 1.29 is 27.5 Å². The fourth-order valence-electron chi connectivity index (χ4n) is 4.02. The number of amides is 1. The number of benzene rings is 2. The molecule has 1 heterocycles. The maximum atomic E-state index is 12.7. The summed E-state index contributed by atoms with van der Waals surface area (Å²) in [4.78, 5) is 38.8. The number of anilines is 2. The summed E-state index contributed by atoms with van der Waals surface area (Å²) in [5, 5.41) is 9.87. The summed E-state index contributed by atoms with van der Waals surface area (Å²) in [7, 11) is 0. The summed E-state index contributed by atoms with van der Waals surface area (Å²) >= 11 is 0. The van der Waals surface area contributed by atoms with Crippen LogP contribution in [0.15, 0.2) is 53.3 Å². The fourth-order valence-corrected chi connectivity index (χ4v) is 4.02. The zero-order chi connectivity index (χ0) is 25.9. The second-order valence-corrected chi connectivity index (χ2v) is 8.54. The second-order valence-electron chi connectivity index (χ2n) is 8.54. The Kier molecular flexibility index (Phi) is 7.13. The Morgan fingerprint density at radius 2 is 1.83 bits per heavy atom. The van der Waals surface area contributed by atoms with Gasteiger partial charge in [0.05, 0.1) is 11.7 Å². The molecule has 1 aromatic heterocycles. The summed E-state index contributed by atoms with van der Waals surface area (Å²) in [6.45, 7) is 1.90. The van der Waals surface area contributed by atoms with E-state index in [-0.39, 0.29) is 17.9 Å². The minimum Gasteiger partial charge on any atom is -0.454 e. The SMILES string of the molecule is Cc1cccc(-n2nc(Nc3ccc(C(=O)N[C@H]4CCCC[C@H]4OC(=O)C(F)(F)F)cc3)[nH]c2=O)c1. The predicted octanol–water partition coefficient (Wildman–Crippen LogP) is 3.76. The van der Waals surface area contributed by atoms with Gasteiger partial charge in [-0.2, -0.15) is 17.9 Å². The van der Waals surface area contributed by atoms with E-state index >= 15 is 0 Å². The van der Waals surface area contributed by atoms with Crippen molar-refractivity contribution >= 4 is 23.5 Å². The summed E-state index contributed by atoms with van der Waals surface area (Å²) in [6.07, 6.45) is -4.19. The maximum absolute atomic E-state index is 12.7. The second kappa shape index (κ2) is 10.3. The molecule has 4 rings (SSSR count). The molecule has 2 aromatic carbocycles. The molecular formula is C24H24F3N5O4. The number of halogens is 3. The molecule has 9 nitrogen and oxygen atoms in total. The highest BCUT2D eigenvalue weighted by Gasteiger charge is 2.44. The Morgan fingerprint density at radius 1 is 1.11 bits per heavy atom. The lowest BCUT2D eigenvalue weighted by Crippen LogP contribution is -2.48. The molecule has 1 aliphatic rings. The van der Waals surface area contributed by atoms with Crippen LogP contribution in [0.5, 0.6) is 0 Å². The quantitative estimate of drug-likeness (QED) is 0.441. The first-order chi connectivity index (χ1) is 17.1. The number of aryl methyl sites for hydroxylation is 1. The summed E-state index contributed by atoms with van der Waals surface area (Å²) in [6, 6.07) is 12.8. The molecule has 0 aliphatic heterocycles. The first-order valence-corrected chi connectivity index (χ1v) is 11.3. The Hall–Kier alpha value is -4.09.